The second kappa shape index (κ2) is 5.17. The van der Waals surface area contributed by atoms with Crippen LogP contribution >= 0.6 is 11.6 Å². The smallest absolute Gasteiger partial charge is 0.138 e. The van der Waals surface area contributed by atoms with E-state index in [1.165, 1.54) is 6.42 Å². The standard InChI is InChI=1S/C12H20ClN3/c1-3-6-16-12(14-8-15-16)7-10-4-5-11(13)9(10)2/h8-11H,3-7H2,1-2H3. The molecule has 0 N–H and O–H groups in total. The van der Waals surface area contributed by atoms with Gasteiger partial charge in [0, 0.05) is 18.3 Å². The van der Waals surface area contributed by atoms with Gasteiger partial charge in [-0.2, -0.15) is 5.10 Å². The molecule has 0 aliphatic heterocycles. The molecule has 0 radical (unpaired) electrons. The van der Waals surface area contributed by atoms with Crippen LogP contribution in [0.5, 0.6) is 0 Å². The number of alkyl halides is 1. The molecular formula is C12H20ClN3. The second-order valence-electron chi connectivity index (χ2n) is 4.82. The third-order valence-corrected chi connectivity index (χ3v) is 4.32. The highest BCUT2D eigenvalue weighted by Gasteiger charge is 2.32. The van der Waals surface area contributed by atoms with Crippen molar-refractivity contribution < 1.29 is 0 Å². The molecule has 1 saturated carbocycles. The zero-order valence-corrected chi connectivity index (χ0v) is 10.8. The minimum atomic E-state index is 0.354. The molecule has 0 bridgehead atoms. The molecular weight excluding hydrogens is 222 g/mol. The van der Waals surface area contributed by atoms with Crippen molar-refractivity contribution in [3.05, 3.63) is 12.2 Å². The van der Waals surface area contributed by atoms with Crippen molar-refractivity contribution in [2.75, 3.05) is 0 Å². The Morgan fingerprint density at radius 3 is 2.94 bits per heavy atom. The number of hydrogen-bond acceptors (Lipinski definition) is 2. The number of aryl methyl sites for hydroxylation is 1. The number of aromatic nitrogens is 3. The zero-order valence-electron chi connectivity index (χ0n) is 10.1. The summed E-state index contributed by atoms with van der Waals surface area (Å²) in [4.78, 5) is 4.37. The van der Waals surface area contributed by atoms with E-state index in [4.69, 9.17) is 11.6 Å². The van der Waals surface area contributed by atoms with E-state index in [9.17, 15) is 0 Å². The fraction of sp³-hybridized carbons (Fsp3) is 0.833. The summed E-state index contributed by atoms with van der Waals surface area (Å²) in [5, 5.41) is 4.62. The van der Waals surface area contributed by atoms with E-state index >= 15 is 0 Å². The molecule has 4 heteroatoms. The summed E-state index contributed by atoms with van der Waals surface area (Å²) >= 11 is 6.26. The second-order valence-corrected chi connectivity index (χ2v) is 5.38. The van der Waals surface area contributed by atoms with Crippen molar-refractivity contribution in [2.45, 2.75) is 51.5 Å². The van der Waals surface area contributed by atoms with Gasteiger partial charge in [0.15, 0.2) is 0 Å². The predicted octanol–water partition coefficient (Wildman–Crippen LogP) is 2.88. The van der Waals surface area contributed by atoms with Crippen LogP contribution in [0.25, 0.3) is 0 Å². The van der Waals surface area contributed by atoms with Gasteiger partial charge in [0.05, 0.1) is 0 Å². The highest BCUT2D eigenvalue weighted by Crippen LogP contribution is 2.36. The fourth-order valence-corrected chi connectivity index (χ4v) is 2.89. The number of nitrogens with zero attached hydrogens (tertiary/aromatic N) is 3. The molecule has 3 atom stereocenters. The van der Waals surface area contributed by atoms with Crippen LogP contribution in [0.15, 0.2) is 6.33 Å². The molecule has 1 aliphatic rings. The van der Waals surface area contributed by atoms with Gasteiger partial charge in [0.1, 0.15) is 12.2 Å². The first-order valence-electron chi connectivity index (χ1n) is 6.23. The summed E-state index contributed by atoms with van der Waals surface area (Å²) in [7, 11) is 0. The van der Waals surface area contributed by atoms with Crippen LogP contribution in [0.1, 0.15) is 38.9 Å². The SMILES string of the molecule is CCCn1ncnc1CC1CCC(Cl)C1C. The Hall–Kier alpha value is -0.570. The average molecular weight is 242 g/mol. The molecule has 1 fully saturated rings. The van der Waals surface area contributed by atoms with Crippen LogP contribution in [0.3, 0.4) is 0 Å². The van der Waals surface area contributed by atoms with Gasteiger partial charge in [0.2, 0.25) is 0 Å². The Morgan fingerprint density at radius 2 is 2.31 bits per heavy atom. The van der Waals surface area contributed by atoms with Crippen LogP contribution in [0.4, 0.5) is 0 Å². The van der Waals surface area contributed by atoms with E-state index < -0.39 is 0 Å². The Kier molecular flexibility index (Phi) is 3.85. The lowest BCUT2D eigenvalue weighted by Gasteiger charge is -2.16. The van der Waals surface area contributed by atoms with E-state index in [0.717, 1.165) is 31.6 Å². The maximum absolute atomic E-state index is 6.26. The van der Waals surface area contributed by atoms with Crippen LogP contribution in [0.2, 0.25) is 0 Å². The third-order valence-electron chi connectivity index (χ3n) is 3.70. The van der Waals surface area contributed by atoms with Crippen molar-refractivity contribution in [3.63, 3.8) is 0 Å². The van der Waals surface area contributed by atoms with Gasteiger partial charge in [-0.15, -0.1) is 11.6 Å². The summed E-state index contributed by atoms with van der Waals surface area (Å²) in [5.41, 5.74) is 0. The van der Waals surface area contributed by atoms with E-state index in [0.29, 0.717) is 17.2 Å². The van der Waals surface area contributed by atoms with Gasteiger partial charge < -0.3 is 0 Å². The predicted molar refractivity (Wildman–Crippen MR) is 65.5 cm³/mol. The molecule has 16 heavy (non-hydrogen) atoms. The molecule has 0 aromatic carbocycles. The normalized spacial score (nSPS) is 29.8. The summed E-state index contributed by atoms with van der Waals surface area (Å²) < 4.78 is 2.04. The molecule has 0 amide bonds. The number of halogens is 1. The molecule has 3 unspecified atom stereocenters. The van der Waals surface area contributed by atoms with E-state index in [1.807, 2.05) is 4.68 Å². The first-order chi connectivity index (χ1) is 7.72. The minimum absolute atomic E-state index is 0.354. The molecule has 90 valence electrons. The van der Waals surface area contributed by atoms with Crippen molar-refractivity contribution in [1.29, 1.82) is 0 Å². The van der Waals surface area contributed by atoms with Crippen molar-refractivity contribution in [3.8, 4) is 0 Å². The van der Waals surface area contributed by atoms with Crippen molar-refractivity contribution >= 4 is 11.6 Å². The van der Waals surface area contributed by atoms with Crippen molar-refractivity contribution in [2.24, 2.45) is 11.8 Å². The highest BCUT2D eigenvalue weighted by molar-refractivity contribution is 6.20. The van der Waals surface area contributed by atoms with Gasteiger partial charge in [-0.05, 0) is 31.1 Å². The Bertz CT molecular complexity index is 337. The fourth-order valence-electron chi connectivity index (χ4n) is 2.56. The Balaban J connectivity index is 2.00. The molecule has 0 spiro atoms. The summed E-state index contributed by atoms with van der Waals surface area (Å²) in [5.74, 6) is 2.42. The van der Waals surface area contributed by atoms with Crippen LogP contribution in [0, 0.1) is 11.8 Å². The number of rotatable bonds is 4. The molecule has 1 aliphatic carbocycles. The first kappa shape index (κ1) is 11.9. The maximum Gasteiger partial charge on any atom is 0.138 e. The maximum atomic E-state index is 6.26. The highest BCUT2D eigenvalue weighted by atomic mass is 35.5. The van der Waals surface area contributed by atoms with Crippen LogP contribution in [-0.4, -0.2) is 20.1 Å². The van der Waals surface area contributed by atoms with E-state index in [2.05, 4.69) is 23.9 Å². The Labute approximate surface area is 102 Å². The quantitative estimate of drug-likeness (QED) is 0.759. The van der Waals surface area contributed by atoms with Crippen LogP contribution in [-0.2, 0) is 13.0 Å². The lowest BCUT2D eigenvalue weighted by Crippen LogP contribution is -2.16. The molecule has 2 rings (SSSR count). The van der Waals surface area contributed by atoms with Gasteiger partial charge >= 0.3 is 0 Å². The molecule has 0 saturated heterocycles. The lowest BCUT2D eigenvalue weighted by molar-refractivity contribution is 0.399. The number of hydrogen-bond donors (Lipinski definition) is 0. The largest absolute Gasteiger partial charge is 0.250 e. The monoisotopic (exact) mass is 241 g/mol. The van der Waals surface area contributed by atoms with Gasteiger partial charge in [-0.3, -0.25) is 4.68 Å². The van der Waals surface area contributed by atoms with Crippen molar-refractivity contribution in [1.82, 2.24) is 14.8 Å². The minimum Gasteiger partial charge on any atom is -0.250 e. The van der Waals surface area contributed by atoms with Gasteiger partial charge in [-0.1, -0.05) is 13.8 Å². The Morgan fingerprint density at radius 1 is 1.50 bits per heavy atom. The van der Waals surface area contributed by atoms with E-state index in [1.54, 1.807) is 6.33 Å². The van der Waals surface area contributed by atoms with Crippen LogP contribution < -0.4 is 0 Å². The molecule has 3 nitrogen and oxygen atoms in total. The van der Waals surface area contributed by atoms with Gasteiger partial charge in [0.25, 0.3) is 0 Å². The molecule has 1 aromatic heterocycles. The van der Waals surface area contributed by atoms with E-state index in [-0.39, 0.29) is 0 Å². The van der Waals surface area contributed by atoms with Gasteiger partial charge in [-0.25, -0.2) is 4.98 Å². The summed E-state index contributed by atoms with van der Waals surface area (Å²) in [6.45, 7) is 5.40. The lowest BCUT2D eigenvalue weighted by atomic mass is 9.94. The first-order valence-corrected chi connectivity index (χ1v) is 6.66. The topological polar surface area (TPSA) is 30.7 Å². The average Bonchev–Trinajstić information content (AvgIpc) is 2.82. The summed E-state index contributed by atoms with van der Waals surface area (Å²) in [6.07, 6.45) is 6.19. The molecule has 1 heterocycles. The summed E-state index contributed by atoms with van der Waals surface area (Å²) in [6, 6.07) is 0. The molecule has 1 aromatic rings. The zero-order chi connectivity index (χ0) is 11.5. The third kappa shape index (κ3) is 2.40.